The predicted molar refractivity (Wildman–Crippen MR) is 80.1 cm³/mol. The van der Waals surface area contributed by atoms with Crippen molar-refractivity contribution in [1.29, 1.82) is 0 Å². The molecular weight excluding hydrogens is 286 g/mol. The molecule has 1 unspecified atom stereocenters. The lowest BCUT2D eigenvalue weighted by Crippen LogP contribution is -2.46. The Labute approximate surface area is 129 Å². The molecule has 0 spiro atoms. The highest BCUT2D eigenvalue weighted by Crippen LogP contribution is 2.22. The fourth-order valence-electron chi connectivity index (χ4n) is 2.39. The van der Waals surface area contributed by atoms with Gasteiger partial charge in [0.2, 0.25) is 0 Å². The normalized spacial score (nSPS) is 18.3. The maximum Gasteiger partial charge on any atom is 0.306 e. The Morgan fingerprint density at radius 3 is 2.82 bits per heavy atom. The largest absolute Gasteiger partial charge is 0.490 e. The fourth-order valence-corrected chi connectivity index (χ4v) is 2.39. The molecule has 1 aliphatic rings. The molecule has 120 valence electrons. The quantitative estimate of drug-likeness (QED) is 0.897. The van der Waals surface area contributed by atoms with Gasteiger partial charge in [-0.3, -0.25) is 9.59 Å². The minimum atomic E-state index is -0.928. The predicted octanol–water partition coefficient (Wildman–Crippen LogP) is 1.79. The highest BCUT2D eigenvalue weighted by molar-refractivity contribution is 5.97. The van der Waals surface area contributed by atoms with Crippen LogP contribution in [0, 0.1) is 0 Å². The lowest BCUT2D eigenvalue weighted by molar-refractivity contribution is -0.141. The fraction of sp³-hybridized carbons (Fsp3) is 0.500. The Balaban J connectivity index is 2.12. The van der Waals surface area contributed by atoms with Gasteiger partial charge in [0, 0.05) is 13.1 Å². The van der Waals surface area contributed by atoms with Crippen LogP contribution < -0.4 is 4.74 Å². The molecule has 1 amide bonds. The molecule has 1 aliphatic heterocycles. The second-order valence-corrected chi connectivity index (χ2v) is 5.50. The van der Waals surface area contributed by atoms with Gasteiger partial charge >= 0.3 is 5.97 Å². The molecule has 6 nitrogen and oxygen atoms in total. The van der Waals surface area contributed by atoms with Crippen LogP contribution in [-0.4, -0.2) is 53.8 Å². The van der Waals surface area contributed by atoms with Crippen LogP contribution >= 0.6 is 0 Å². The number of carboxylic acid groups (broad SMARTS) is 1. The summed E-state index contributed by atoms with van der Waals surface area (Å²) in [5.74, 6) is -0.540. The van der Waals surface area contributed by atoms with E-state index in [2.05, 4.69) is 0 Å². The summed E-state index contributed by atoms with van der Waals surface area (Å²) < 4.78 is 11.1. The lowest BCUT2D eigenvalue weighted by atomic mass is 10.1. The number of morpholine rings is 1. The third kappa shape index (κ3) is 4.21. The first-order valence-corrected chi connectivity index (χ1v) is 7.35. The molecule has 1 N–H and O–H groups in total. The average Bonchev–Trinajstić information content (AvgIpc) is 2.46. The zero-order chi connectivity index (χ0) is 16.1. The van der Waals surface area contributed by atoms with Crippen molar-refractivity contribution in [1.82, 2.24) is 4.90 Å². The van der Waals surface area contributed by atoms with E-state index in [0.717, 1.165) is 0 Å². The maximum atomic E-state index is 12.7. The van der Waals surface area contributed by atoms with E-state index in [0.29, 0.717) is 24.5 Å². The van der Waals surface area contributed by atoms with Crippen LogP contribution in [-0.2, 0) is 9.53 Å². The number of ether oxygens (including phenoxy) is 2. The number of carbonyl (C=O) groups is 2. The molecule has 1 aromatic rings. The molecule has 6 heteroatoms. The highest BCUT2D eigenvalue weighted by atomic mass is 16.5. The van der Waals surface area contributed by atoms with Gasteiger partial charge in [-0.25, -0.2) is 0 Å². The van der Waals surface area contributed by atoms with Gasteiger partial charge in [-0.2, -0.15) is 0 Å². The summed E-state index contributed by atoms with van der Waals surface area (Å²) in [6, 6.07) is 7.10. The molecule has 1 fully saturated rings. The first kappa shape index (κ1) is 16.3. The summed E-state index contributed by atoms with van der Waals surface area (Å²) in [5, 5.41) is 8.85. The van der Waals surface area contributed by atoms with E-state index < -0.39 is 12.1 Å². The van der Waals surface area contributed by atoms with Crippen molar-refractivity contribution in [3.8, 4) is 5.75 Å². The van der Waals surface area contributed by atoms with Crippen LogP contribution in [0.3, 0.4) is 0 Å². The maximum absolute atomic E-state index is 12.7. The number of para-hydroxylation sites is 1. The molecule has 1 saturated heterocycles. The van der Waals surface area contributed by atoms with Crippen LogP contribution in [0.15, 0.2) is 24.3 Å². The number of carbonyl (C=O) groups excluding carboxylic acids is 1. The molecule has 2 rings (SSSR count). The standard InChI is InChI=1S/C16H21NO5/c1-11(2)22-14-6-4-3-5-13(14)16(20)17-7-8-21-12(10-17)9-15(18)19/h3-6,11-12H,7-10H2,1-2H3,(H,18,19). The van der Waals surface area contributed by atoms with Crippen LogP contribution in [0.1, 0.15) is 30.6 Å². The topological polar surface area (TPSA) is 76.1 Å². The molecule has 0 aliphatic carbocycles. The molecule has 1 aromatic carbocycles. The minimum Gasteiger partial charge on any atom is -0.490 e. The van der Waals surface area contributed by atoms with Gasteiger partial charge in [0.1, 0.15) is 5.75 Å². The van der Waals surface area contributed by atoms with E-state index in [1.807, 2.05) is 19.9 Å². The Bertz CT molecular complexity index is 543. The summed E-state index contributed by atoms with van der Waals surface area (Å²) in [7, 11) is 0. The Morgan fingerprint density at radius 1 is 1.41 bits per heavy atom. The van der Waals surface area contributed by atoms with E-state index in [9.17, 15) is 9.59 Å². The van der Waals surface area contributed by atoms with Crippen molar-refractivity contribution in [3.05, 3.63) is 29.8 Å². The van der Waals surface area contributed by atoms with E-state index in [-0.39, 0.29) is 25.0 Å². The van der Waals surface area contributed by atoms with Gasteiger partial charge in [0.15, 0.2) is 0 Å². The highest BCUT2D eigenvalue weighted by Gasteiger charge is 2.28. The third-order valence-electron chi connectivity index (χ3n) is 3.31. The average molecular weight is 307 g/mol. The van der Waals surface area contributed by atoms with Crippen molar-refractivity contribution in [2.24, 2.45) is 0 Å². The monoisotopic (exact) mass is 307 g/mol. The first-order valence-electron chi connectivity index (χ1n) is 7.35. The molecule has 0 radical (unpaired) electrons. The molecule has 1 atom stereocenters. The van der Waals surface area contributed by atoms with Crippen molar-refractivity contribution >= 4 is 11.9 Å². The van der Waals surface area contributed by atoms with Crippen molar-refractivity contribution in [2.75, 3.05) is 19.7 Å². The third-order valence-corrected chi connectivity index (χ3v) is 3.31. The molecule has 0 aromatic heterocycles. The van der Waals surface area contributed by atoms with Crippen LogP contribution in [0.25, 0.3) is 0 Å². The molecular formula is C16H21NO5. The number of carboxylic acids is 1. The van der Waals surface area contributed by atoms with Crippen molar-refractivity contribution < 1.29 is 24.2 Å². The SMILES string of the molecule is CC(C)Oc1ccccc1C(=O)N1CCOC(CC(=O)O)C1. The summed E-state index contributed by atoms with van der Waals surface area (Å²) >= 11 is 0. The Kier molecular flexibility index (Phi) is 5.38. The van der Waals surface area contributed by atoms with Crippen LogP contribution in [0.2, 0.25) is 0 Å². The van der Waals surface area contributed by atoms with E-state index >= 15 is 0 Å². The van der Waals surface area contributed by atoms with Gasteiger partial charge < -0.3 is 19.5 Å². The zero-order valence-electron chi connectivity index (χ0n) is 12.8. The number of rotatable bonds is 5. The van der Waals surface area contributed by atoms with Gasteiger partial charge in [-0.15, -0.1) is 0 Å². The second-order valence-electron chi connectivity index (χ2n) is 5.50. The summed E-state index contributed by atoms with van der Waals surface area (Å²) in [5.41, 5.74) is 0.493. The Morgan fingerprint density at radius 2 is 2.14 bits per heavy atom. The van der Waals surface area contributed by atoms with Crippen molar-refractivity contribution in [3.63, 3.8) is 0 Å². The number of aliphatic carboxylic acids is 1. The van der Waals surface area contributed by atoms with E-state index in [4.69, 9.17) is 14.6 Å². The van der Waals surface area contributed by atoms with Crippen molar-refractivity contribution in [2.45, 2.75) is 32.5 Å². The summed E-state index contributed by atoms with van der Waals surface area (Å²) in [6.07, 6.45) is -0.597. The van der Waals surface area contributed by atoms with Gasteiger partial charge in [0.25, 0.3) is 5.91 Å². The number of hydrogen-bond acceptors (Lipinski definition) is 4. The smallest absolute Gasteiger partial charge is 0.306 e. The summed E-state index contributed by atoms with van der Waals surface area (Å²) in [4.78, 5) is 25.1. The number of nitrogens with zero attached hydrogens (tertiary/aromatic N) is 1. The molecule has 0 saturated carbocycles. The Hall–Kier alpha value is -2.08. The molecule has 1 heterocycles. The first-order chi connectivity index (χ1) is 10.5. The minimum absolute atomic E-state index is 0.0293. The molecule has 22 heavy (non-hydrogen) atoms. The van der Waals surface area contributed by atoms with Gasteiger partial charge in [-0.1, -0.05) is 12.1 Å². The second kappa shape index (κ2) is 7.26. The zero-order valence-corrected chi connectivity index (χ0v) is 12.8. The number of hydrogen-bond donors (Lipinski definition) is 1. The van der Waals surface area contributed by atoms with Gasteiger partial charge in [-0.05, 0) is 26.0 Å². The van der Waals surface area contributed by atoms with Gasteiger partial charge in [0.05, 0.1) is 30.8 Å². The van der Waals surface area contributed by atoms with Crippen LogP contribution in [0.5, 0.6) is 5.75 Å². The van der Waals surface area contributed by atoms with E-state index in [1.165, 1.54) is 0 Å². The molecule has 0 bridgehead atoms. The summed E-state index contributed by atoms with van der Waals surface area (Å²) in [6.45, 7) is 4.88. The number of benzene rings is 1. The van der Waals surface area contributed by atoms with E-state index in [1.54, 1.807) is 23.1 Å². The lowest BCUT2D eigenvalue weighted by Gasteiger charge is -2.32. The number of amides is 1. The van der Waals surface area contributed by atoms with Crippen LogP contribution in [0.4, 0.5) is 0 Å².